The van der Waals surface area contributed by atoms with E-state index in [2.05, 4.69) is 41.9 Å². The van der Waals surface area contributed by atoms with E-state index in [1.165, 1.54) is 19.4 Å². The summed E-state index contributed by atoms with van der Waals surface area (Å²) in [6.45, 7) is 2.22. The molecule has 12 heavy (non-hydrogen) atoms. The van der Waals surface area contributed by atoms with E-state index in [1.54, 1.807) is 0 Å². The van der Waals surface area contributed by atoms with E-state index in [0.29, 0.717) is 0 Å². The first-order valence-electron chi connectivity index (χ1n) is 4.06. The third kappa shape index (κ3) is 4.26. The zero-order valence-corrected chi connectivity index (χ0v) is 10.0. The molecule has 0 bridgehead atoms. The summed E-state index contributed by atoms with van der Waals surface area (Å²) in [6, 6.07) is 0. The molecule has 1 rings (SSSR count). The van der Waals surface area contributed by atoms with E-state index < -0.39 is 0 Å². The molecule has 1 aliphatic heterocycles. The van der Waals surface area contributed by atoms with Gasteiger partial charge in [0, 0.05) is 26.0 Å². The van der Waals surface area contributed by atoms with E-state index >= 15 is 0 Å². The Balaban J connectivity index is 0.00000121. The van der Waals surface area contributed by atoms with E-state index in [4.69, 9.17) is 0 Å². The molecule has 0 aliphatic carbocycles. The predicted octanol–water partition coefficient (Wildman–Crippen LogP) is 1.95. The number of rotatable bonds is 4. The van der Waals surface area contributed by atoms with Crippen LogP contribution in [0.25, 0.3) is 0 Å². The molecule has 0 aromatic carbocycles. The van der Waals surface area contributed by atoms with Crippen LogP contribution >= 0.6 is 29.6 Å². The van der Waals surface area contributed by atoms with Crippen LogP contribution in [0.2, 0.25) is 0 Å². The number of hydrogen-bond donors (Lipinski definition) is 1. The largest absolute Gasteiger partial charge is 0.362 e. The van der Waals surface area contributed by atoms with Gasteiger partial charge in [0.15, 0.2) is 0 Å². The first-order chi connectivity index (χ1) is 5.33. The van der Waals surface area contributed by atoms with Crippen molar-refractivity contribution >= 4 is 29.6 Å². The maximum Gasteiger partial charge on any atom is 0.0890 e. The minimum absolute atomic E-state index is 0. The Morgan fingerprint density at radius 3 is 2.58 bits per heavy atom. The first kappa shape index (κ1) is 12.2. The van der Waals surface area contributed by atoms with E-state index in [1.807, 2.05) is 0 Å². The SMILES string of the molecule is Br.CN1C=CN(CCCCS)C1. The molecule has 0 saturated carbocycles. The molecule has 0 amide bonds. The highest BCUT2D eigenvalue weighted by atomic mass is 79.9. The van der Waals surface area contributed by atoms with Gasteiger partial charge in [-0.15, -0.1) is 17.0 Å². The lowest BCUT2D eigenvalue weighted by molar-refractivity contribution is 0.293. The topological polar surface area (TPSA) is 6.48 Å². The molecule has 1 aliphatic rings. The lowest BCUT2D eigenvalue weighted by atomic mass is 10.3. The Morgan fingerprint density at radius 2 is 2.08 bits per heavy atom. The molecule has 0 fully saturated rings. The fourth-order valence-electron chi connectivity index (χ4n) is 1.16. The third-order valence-corrected chi connectivity index (χ3v) is 2.11. The molecule has 0 spiro atoms. The lowest BCUT2D eigenvalue weighted by Crippen LogP contribution is -2.23. The fourth-order valence-corrected chi connectivity index (χ4v) is 1.38. The van der Waals surface area contributed by atoms with Crippen molar-refractivity contribution in [3.8, 4) is 0 Å². The van der Waals surface area contributed by atoms with Gasteiger partial charge in [-0.3, -0.25) is 0 Å². The molecule has 1 heterocycles. The van der Waals surface area contributed by atoms with Crippen molar-refractivity contribution in [3.05, 3.63) is 12.4 Å². The highest BCUT2D eigenvalue weighted by Gasteiger charge is 2.06. The number of thiol groups is 1. The normalized spacial score (nSPS) is 15.2. The summed E-state index contributed by atoms with van der Waals surface area (Å²) >= 11 is 4.17. The summed E-state index contributed by atoms with van der Waals surface area (Å²) in [5, 5.41) is 0. The van der Waals surface area contributed by atoms with Gasteiger partial charge < -0.3 is 9.80 Å². The maximum atomic E-state index is 4.17. The smallest absolute Gasteiger partial charge is 0.0890 e. The van der Waals surface area contributed by atoms with Gasteiger partial charge in [0.05, 0.1) is 6.67 Å². The number of hydrogen-bond acceptors (Lipinski definition) is 3. The van der Waals surface area contributed by atoms with Crippen LogP contribution in [-0.2, 0) is 0 Å². The second-order valence-corrected chi connectivity index (χ2v) is 3.39. The van der Waals surface area contributed by atoms with Crippen molar-refractivity contribution in [2.24, 2.45) is 0 Å². The minimum atomic E-state index is 0. The highest BCUT2D eigenvalue weighted by molar-refractivity contribution is 8.93. The molecular weight excluding hydrogens is 236 g/mol. The van der Waals surface area contributed by atoms with Crippen molar-refractivity contribution in [2.45, 2.75) is 12.8 Å². The van der Waals surface area contributed by atoms with Gasteiger partial charge in [0.25, 0.3) is 0 Å². The summed E-state index contributed by atoms with van der Waals surface area (Å²) in [7, 11) is 2.09. The molecule has 0 aromatic rings. The summed E-state index contributed by atoms with van der Waals surface area (Å²) in [5.74, 6) is 1.01. The Morgan fingerprint density at radius 1 is 1.33 bits per heavy atom. The van der Waals surface area contributed by atoms with Crippen molar-refractivity contribution in [3.63, 3.8) is 0 Å². The summed E-state index contributed by atoms with van der Waals surface area (Å²) < 4.78 is 0. The van der Waals surface area contributed by atoms with Crippen LogP contribution in [-0.4, -0.2) is 35.8 Å². The van der Waals surface area contributed by atoms with Crippen LogP contribution in [0, 0.1) is 0 Å². The van der Waals surface area contributed by atoms with E-state index in [9.17, 15) is 0 Å². The van der Waals surface area contributed by atoms with Gasteiger partial charge in [0.1, 0.15) is 0 Å². The Bertz CT molecular complexity index is 141. The molecule has 0 unspecified atom stereocenters. The second-order valence-electron chi connectivity index (χ2n) is 2.94. The van der Waals surface area contributed by atoms with E-state index in [0.717, 1.165) is 12.4 Å². The molecule has 2 nitrogen and oxygen atoms in total. The molecule has 0 aromatic heterocycles. The number of unbranched alkanes of at least 4 members (excludes halogenated alkanes) is 1. The van der Waals surface area contributed by atoms with E-state index in [-0.39, 0.29) is 17.0 Å². The van der Waals surface area contributed by atoms with Crippen molar-refractivity contribution < 1.29 is 0 Å². The van der Waals surface area contributed by atoms with Crippen molar-refractivity contribution in [2.75, 3.05) is 26.0 Å². The summed E-state index contributed by atoms with van der Waals surface area (Å²) in [6.07, 6.45) is 6.73. The van der Waals surface area contributed by atoms with Gasteiger partial charge in [0.2, 0.25) is 0 Å². The Labute approximate surface area is 90.8 Å². The minimum Gasteiger partial charge on any atom is -0.362 e. The van der Waals surface area contributed by atoms with Crippen molar-refractivity contribution in [1.29, 1.82) is 0 Å². The first-order valence-corrected chi connectivity index (χ1v) is 4.69. The van der Waals surface area contributed by atoms with Gasteiger partial charge in [-0.1, -0.05) is 0 Å². The molecule has 72 valence electrons. The molecule has 0 saturated heterocycles. The Hall–Kier alpha value is 0.170. The average molecular weight is 253 g/mol. The predicted molar refractivity (Wildman–Crippen MR) is 61.9 cm³/mol. The molecule has 0 radical (unpaired) electrons. The molecular formula is C8H17BrN2S. The van der Waals surface area contributed by atoms with Crippen LogP contribution in [0.1, 0.15) is 12.8 Å². The second kappa shape index (κ2) is 6.66. The maximum absolute atomic E-state index is 4.17. The summed E-state index contributed by atoms with van der Waals surface area (Å²) in [4.78, 5) is 4.50. The number of halogens is 1. The monoisotopic (exact) mass is 252 g/mol. The standard InChI is InChI=1S/C8H16N2S.BrH/c1-9-5-6-10(8-9)4-2-3-7-11;/h5-6,11H,2-4,7-8H2,1H3;1H. The fraction of sp³-hybridized carbons (Fsp3) is 0.750. The molecule has 0 atom stereocenters. The Kier molecular flexibility index (Phi) is 6.76. The highest BCUT2D eigenvalue weighted by Crippen LogP contribution is 2.05. The van der Waals surface area contributed by atoms with Crippen LogP contribution < -0.4 is 0 Å². The summed E-state index contributed by atoms with van der Waals surface area (Å²) in [5.41, 5.74) is 0. The van der Waals surface area contributed by atoms with Gasteiger partial charge in [-0.2, -0.15) is 12.6 Å². The van der Waals surface area contributed by atoms with Crippen LogP contribution in [0.15, 0.2) is 12.4 Å². The number of nitrogens with zero attached hydrogens (tertiary/aromatic N) is 2. The van der Waals surface area contributed by atoms with Gasteiger partial charge >= 0.3 is 0 Å². The van der Waals surface area contributed by atoms with Crippen LogP contribution in [0.5, 0.6) is 0 Å². The third-order valence-electron chi connectivity index (χ3n) is 1.79. The van der Waals surface area contributed by atoms with Crippen molar-refractivity contribution in [1.82, 2.24) is 9.80 Å². The molecule has 4 heteroatoms. The quantitative estimate of drug-likeness (QED) is 0.604. The zero-order valence-electron chi connectivity index (χ0n) is 7.44. The molecule has 0 N–H and O–H groups in total. The zero-order chi connectivity index (χ0) is 8.10. The van der Waals surface area contributed by atoms with Gasteiger partial charge in [-0.05, 0) is 18.6 Å². The van der Waals surface area contributed by atoms with Gasteiger partial charge in [-0.25, -0.2) is 0 Å². The van der Waals surface area contributed by atoms with Crippen LogP contribution in [0.4, 0.5) is 0 Å². The van der Waals surface area contributed by atoms with Crippen LogP contribution in [0.3, 0.4) is 0 Å². The lowest BCUT2D eigenvalue weighted by Gasteiger charge is -2.17. The average Bonchev–Trinajstić information content (AvgIpc) is 2.37.